The third kappa shape index (κ3) is 5.74. The van der Waals surface area contributed by atoms with Crippen LogP contribution < -0.4 is 15.4 Å². The van der Waals surface area contributed by atoms with Crippen molar-refractivity contribution in [3.63, 3.8) is 0 Å². The summed E-state index contributed by atoms with van der Waals surface area (Å²) in [5, 5.41) is 14.6. The summed E-state index contributed by atoms with van der Waals surface area (Å²) in [5.41, 5.74) is 1.07. The van der Waals surface area contributed by atoms with E-state index in [9.17, 15) is 14.4 Å². The molecule has 162 valence electrons. The number of ether oxygens (including phenoxy) is 1. The quantitative estimate of drug-likeness (QED) is 0.461. The van der Waals surface area contributed by atoms with Crippen LogP contribution in [0.2, 0.25) is 5.02 Å². The van der Waals surface area contributed by atoms with E-state index in [4.69, 9.17) is 21.4 Å². The minimum atomic E-state index is -1.12. The van der Waals surface area contributed by atoms with Crippen molar-refractivity contribution in [1.82, 2.24) is 5.32 Å². The van der Waals surface area contributed by atoms with Crippen molar-refractivity contribution in [3.8, 4) is 5.75 Å². The van der Waals surface area contributed by atoms with Crippen LogP contribution in [-0.2, 0) is 4.79 Å². The molecule has 3 aromatic carbocycles. The number of halogens is 1. The molecule has 3 N–H and O–H groups in total. The molecule has 3 rings (SSSR count). The molecule has 0 fully saturated rings. The minimum absolute atomic E-state index is 0.0172. The first-order valence-corrected chi connectivity index (χ1v) is 9.81. The number of hydrogen-bond acceptors (Lipinski definition) is 4. The van der Waals surface area contributed by atoms with Crippen LogP contribution >= 0.6 is 11.6 Å². The second kappa shape index (κ2) is 10.3. The number of carbonyl (C=O) groups excluding carboxylic acids is 2. The van der Waals surface area contributed by atoms with Gasteiger partial charge in [-0.25, -0.2) is 4.79 Å². The fourth-order valence-corrected chi connectivity index (χ4v) is 3.01. The number of carboxylic acids is 1. The highest BCUT2D eigenvalue weighted by Crippen LogP contribution is 2.18. The summed E-state index contributed by atoms with van der Waals surface area (Å²) in [7, 11) is 1.54. The lowest BCUT2D eigenvalue weighted by Gasteiger charge is -2.12. The molecule has 0 aliphatic rings. The van der Waals surface area contributed by atoms with E-state index >= 15 is 0 Å². The number of amides is 2. The molecule has 8 heteroatoms. The van der Waals surface area contributed by atoms with Crippen LogP contribution in [0.1, 0.15) is 26.3 Å². The SMILES string of the molecule is COc1ccc(C=C(NC(=O)c2ccccc2Cl)C(=O)Nc2cccc(C(=O)O)c2)cc1. The number of anilines is 1. The zero-order chi connectivity index (χ0) is 23.1. The molecule has 0 bridgehead atoms. The molecule has 0 aliphatic heterocycles. The summed E-state index contributed by atoms with van der Waals surface area (Å²) in [6.45, 7) is 0. The molecule has 0 aromatic heterocycles. The molecule has 0 saturated carbocycles. The fourth-order valence-electron chi connectivity index (χ4n) is 2.79. The molecule has 0 saturated heterocycles. The molecular weight excluding hydrogens is 432 g/mol. The van der Waals surface area contributed by atoms with Crippen molar-refractivity contribution in [1.29, 1.82) is 0 Å². The molecule has 0 radical (unpaired) electrons. The highest BCUT2D eigenvalue weighted by atomic mass is 35.5. The fraction of sp³-hybridized carbons (Fsp3) is 0.0417. The van der Waals surface area contributed by atoms with Crippen molar-refractivity contribution >= 4 is 41.1 Å². The summed E-state index contributed by atoms with van der Waals surface area (Å²) in [6, 6.07) is 19.1. The first kappa shape index (κ1) is 22.6. The smallest absolute Gasteiger partial charge is 0.335 e. The first-order chi connectivity index (χ1) is 15.4. The molecule has 0 atom stereocenters. The Morgan fingerprint density at radius 1 is 0.969 bits per heavy atom. The molecule has 3 aromatic rings. The van der Waals surface area contributed by atoms with E-state index in [2.05, 4.69) is 10.6 Å². The Hall–Kier alpha value is -4.10. The maximum Gasteiger partial charge on any atom is 0.335 e. The predicted molar refractivity (Wildman–Crippen MR) is 122 cm³/mol. The van der Waals surface area contributed by atoms with Gasteiger partial charge in [0.15, 0.2) is 0 Å². The number of carboxylic acid groups (broad SMARTS) is 1. The van der Waals surface area contributed by atoms with Gasteiger partial charge in [-0.3, -0.25) is 9.59 Å². The number of rotatable bonds is 7. The Labute approximate surface area is 189 Å². The van der Waals surface area contributed by atoms with Gasteiger partial charge in [-0.2, -0.15) is 0 Å². The van der Waals surface area contributed by atoms with Gasteiger partial charge in [0, 0.05) is 5.69 Å². The van der Waals surface area contributed by atoms with E-state index in [0.717, 1.165) is 0 Å². The number of benzene rings is 3. The van der Waals surface area contributed by atoms with Crippen LogP contribution in [0.25, 0.3) is 6.08 Å². The number of aromatic carboxylic acids is 1. The van der Waals surface area contributed by atoms with Gasteiger partial charge in [0.25, 0.3) is 11.8 Å². The maximum atomic E-state index is 13.0. The third-order valence-corrected chi connectivity index (χ3v) is 4.74. The lowest BCUT2D eigenvalue weighted by Crippen LogP contribution is -2.31. The predicted octanol–water partition coefficient (Wildman–Crippen LogP) is 4.46. The number of carbonyl (C=O) groups is 3. The maximum absolute atomic E-state index is 13.0. The van der Waals surface area contributed by atoms with Gasteiger partial charge in [0.1, 0.15) is 11.4 Å². The Kier molecular flexibility index (Phi) is 7.25. The summed E-state index contributed by atoms with van der Waals surface area (Å²) in [4.78, 5) is 36.9. The van der Waals surface area contributed by atoms with Crippen LogP contribution in [0, 0.1) is 0 Å². The van der Waals surface area contributed by atoms with Gasteiger partial charge in [0.05, 0.1) is 23.3 Å². The topological polar surface area (TPSA) is 105 Å². The molecule has 7 nitrogen and oxygen atoms in total. The summed E-state index contributed by atoms with van der Waals surface area (Å²) in [5.74, 6) is -1.69. The van der Waals surface area contributed by atoms with Gasteiger partial charge in [-0.1, -0.05) is 41.9 Å². The molecule has 2 amide bonds. The van der Waals surface area contributed by atoms with Crippen molar-refractivity contribution in [2.45, 2.75) is 0 Å². The summed E-state index contributed by atoms with van der Waals surface area (Å²) in [6.07, 6.45) is 1.49. The summed E-state index contributed by atoms with van der Waals surface area (Å²) < 4.78 is 5.13. The Bertz CT molecular complexity index is 1190. The van der Waals surface area contributed by atoms with Crippen molar-refractivity contribution in [2.24, 2.45) is 0 Å². The highest BCUT2D eigenvalue weighted by molar-refractivity contribution is 6.34. The number of methoxy groups -OCH3 is 1. The van der Waals surface area contributed by atoms with Crippen molar-refractivity contribution in [3.05, 3.63) is 100 Å². The van der Waals surface area contributed by atoms with E-state index in [1.54, 1.807) is 55.6 Å². The first-order valence-electron chi connectivity index (χ1n) is 9.43. The van der Waals surface area contributed by atoms with Crippen LogP contribution in [0.5, 0.6) is 5.75 Å². The normalized spacial score (nSPS) is 10.9. The lowest BCUT2D eigenvalue weighted by molar-refractivity contribution is -0.113. The molecule has 0 spiro atoms. The number of hydrogen-bond donors (Lipinski definition) is 3. The van der Waals surface area contributed by atoms with E-state index in [1.807, 2.05) is 0 Å². The standard InChI is InChI=1S/C24H19ClN2O5/c1-32-18-11-9-15(10-12-18)13-21(27-22(28)19-7-2-3-8-20(19)25)23(29)26-17-6-4-5-16(14-17)24(30)31/h2-14H,1H3,(H,26,29)(H,27,28)(H,30,31). The Morgan fingerprint density at radius 2 is 1.69 bits per heavy atom. The van der Waals surface area contributed by atoms with E-state index in [0.29, 0.717) is 11.3 Å². The van der Waals surface area contributed by atoms with Crippen molar-refractivity contribution < 1.29 is 24.2 Å². The zero-order valence-electron chi connectivity index (χ0n) is 17.0. The van der Waals surface area contributed by atoms with E-state index in [-0.39, 0.29) is 27.5 Å². The number of nitrogens with one attached hydrogen (secondary N) is 2. The van der Waals surface area contributed by atoms with E-state index < -0.39 is 17.8 Å². The van der Waals surface area contributed by atoms with Crippen molar-refractivity contribution in [2.75, 3.05) is 12.4 Å². The minimum Gasteiger partial charge on any atom is -0.497 e. The lowest BCUT2D eigenvalue weighted by atomic mass is 10.1. The molecule has 0 unspecified atom stereocenters. The van der Waals surface area contributed by atoms with Crippen LogP contribution in [-0.4, -0.2) is 30.0 Å². The Balaban J connectivity index is 1.91. The average molecular weight is 451 g/mol. The van der Waals surface area contributed by atoms with Gasteiger partial charge in [-0.15, -0.1) is 0 Å². The zero-order valence-corrected chi connectivity index (χ0v) is 17.7. The Morgan fingerprint density at radius 3 is 2.34 bits per heavy atom. The highest BCUT2D eigenvalue weighted by Gasteiger charge is 2.17. The van der Waals surface area contributed by atoms with Gasteiger partial charge >= 0.3 is 5.97 Å². The van der Waals surface area contributed by atoms with Gasteiger partial charge < -0.3 is 20.5 Å². The van der Waals surface area contributed by atoms with Gasteiger partial charge in [0.2, 0.25) is 0 Å². The third-order valence-electron chi connectivity index (χ3n) is 4.41. The van der Waals surface area contributed by atoms with Crippen LogP contribution in [0.3, 0.4) is 0 Å². The second-order valence-corrected chi connectivity index (χ2v) is 7.01. The van der Waals surface area contributed by atoms with Gasteiger partial charge in [-0.05, 0) is 54.1 Å². The average Bonchev–Trinajstić information content (AvgIpc) is 2.79. The monoisotopic (exact) mass is 450 g/mol. The van der Waals surface area contributed by atoms with Crippen LogP contribution in [0.4, 0.5) is 5.69 Å². The summed E-state index contributed by atoms with van der Waals surface area (Å²) >= 11 is 6.10. The molecule has 0 aliphatic carbocycles. The van der Waals surface area contributed by atoms with Crippen LogP contribution in [0.15, 0.2) is 78.5 Å². The molecule has 32 heavy (non-hydrogen) atoms. The molecular formula is C24H19ClN2O5. The largest absolute Gasteiger partial charge is 0.497 e. The second-order valence-electron chi connectivity index (χ2n) is 6.61. The molecule has 0 heterocycles. The van der Waals surface area contributed by atoms with E-state index in [1.165, 1.54) is 30.3 Å².